The molecule has 0 N–H and O–H groups in total. The number of hydrogen-bond donors (Lipinski definition) is 0. The van der Waals surface area contributed by atoms with E-state index in [1.54, 1.807) is 4.90 Å². The third-order valence-electron chi connectivity index (χ3n) is 3.13. The standard InChI is InChI=1S/C11H10N2O4/c14-11-8-6-7(13(15)16)3-4-9(8)17-10-2-1-5-12(10)11/h3-4,6,10H,1-2,5H2. The average Bonchev–Trinajstić information content (AvgIpc) is 2.77. The molecule has 1 fully saturated rings. The number of amides is 1. The summed E-state index contributed by atoms with van der Waals surface area (Å²) in [6, 6.07) is 4.14. The lowest BCUT2D eigenvalue weighted by atomic mass is 10.1. The number of carbonyl (C=O) groups is 1. The van der Waals surface area contributed by atoms with Crippen LogP contribution >= 0.6 is 0 Å². The first-order chi connectivity index (χ1) is 8.16. The van der Waals surface area contributed by atoms with Gasteiger partial charge < -0.3 is 9.64 Å². The lowest BCUT2D eigenvalue weighted by molar-refractivity contribution is -0.384. The monoisotopic (exact) mass is 234 g/mol. The van der Waals surface area contributed by atoms with E-state index in [0.717, 1.165) is 12.8 Å². The normalized spacial score (nSPS) is 21.8. The van der Waals surface area contributed by atoms with Crippen molar-refractivity contribution in [3.8, 4) is 5.75 Å². The summed E-state index contributed by atoms with van der Waals surface area (Å²) in [5, 5.41) is 10.7. The molecule has 0 radical (unpaired) electrons. The summed E-state index contributed by atoms with van der Waals surface area (Å²) in [6.45, 7) is 0.658. The van der Waals surface area contributed by atoms with Crippen molar-refractivity contribution in [3.05, 3.63) is 33.9 Å². The van der Waals surface area contributed by atoms with Crippen LogP contribution in [0, 0.1) is 10.1 Å². The van der Waals surface area contributed by atoms with Crippen molar-refractivity contribution in [3.63, 3.8) is 0 Å². The van der Waals surface area contributed by atoms with Gasteiger partial charge in [-0.3, -0.25) is 14.9 Å². The van der Waals surface area contributed by atoms with Crippen LogP contribution in [0.15, 0.2) is 18.2 Å². The fourth-order valence-electron chi connectivity index (χ4n) is 2.29. The molecule has 2 aliphatic heterocycles. The molecule has 6 heteroatoms. The summed E-state index contributed by atoms with van der Waals surface area (Å²) >= 11 is 0. The number of nitro benzene ring substituents is 1. The highest BCUT2D eigenvalue weighted by atomic mass is 16.6. The summed E-state index contributed by atoms with van der Waals surface area (Å²) in [7, 11) is 0. The Kier molecular flexibility index (Phi) is 2.04. The number of benzene rings is 1. The second kappa shape index (κ2) is 3.44. The zero-order valence-corrected chi connectivity index (χ0v) is 8.96. The zero-order valence-electron chi connectivity index (χ0n) is 8.96. The molecule has 0 aromatic heterocycles. The molecule has 0 saturated carbocycles. The molecular weight excluding hydrogens is 224 g/mol. The van der Waals surface area contributed by atoms with Crippen LogP contribution in [0.5, 0.6) is 5.75 Å². The van der Waals surface area contributed by atoms with Crippen LogP contribution in [0.4, 0.5) is 5.69 Å². The molecule has 1 atom stereocenters. The topological polar surface area (TPSA) is 72.7 Å². The van der Waals surface area contributed by atoms with E-state index in [2.05, 4.69) is 0 Å². The molecule has 3 rings (SSSR count). The molecule has 1 unspecified atom stereocenters. The van der Waals surface area contributed by atoms with Crippen LogP contribution in [0.3, 0.4) is 0 Å². The van der Waals surface area contributed by atoms with Crippen molar-refractivity contribution in [1.29, 1.82) is 0 Å². The molecule has 1 saturated heterocycles. The van der Waals surface area contributed by atoms with E-state index in [0.29, 0.717) is 12.3 Å². The van der Waals surface area contributed by atoms with E-state index >= 15 is 0 Å². The van der Waals surface area contributed by atoms with Gasteiger partial charge in [0.2, 0.25) is 0 Å². The van der Waals surface area contributed by atoms with E-state index in [-0.39, 0.29) is 23.4 Å². The number of hydrogen-bond acceptors (Lipinski definition) is 4. The highest BCUT2D eigenvalue weighted by Crippen LogP contribution is 2.34. The van der Waals surface area contributed by atoms with E-state index in [9.17, 15) is 14.9 Å². The molecule has 0 bridgehead atoms. The maximum absolute atomic E-state index is 12.1. The van der Waals surface area contributed by atoms with E-state index < -0.39 is 4.92 Å². The van der Waals surface area contributed by atoms with Crippen molar-refractivity contribution in [2.24, 2.45) is 0 Å². The summed E-state index contributed by atoms with van der Waals surface area (Å²) in [5.74, 6) is 0.279. The first kappa shape index (κ1) is 10.1. The maximum atomic E-state index is 12.1. The summed E-state index contributed by atoms with van der Waals surface area (Å²) in [6.07, 6.45) is 1.53. The van der Waals surface area contributed by atoms with Crippen LogP contribution < -0.4 is 4.74 Å². The van der Waals surface area contributed by atoms with Gasteiger partial charge >= 0.3 is 0 Å². The van der Waals surface area contributed by atoms with E-state index in [4.69, 9.17) is 4.74 Å². The first-order valence-electron chi connectivity index (χ1n) is 5.43. The van der Waals surface area contributed by atoms with Crippen LogP contribution in [0.25, 0.3) is 0 Å². The summed E-state index contributed by atoms with van der Waals surface area (Å²) in [4.78, 5) is 23.9. The number of nitrogens with zero attached hydrogens (tertiary/aromatic N) is 2. The minimum Gasteiger partial charge on any atom is -0.470 e. The second-order valence-corrected chi connectivity index (χ2v) is 4.15. The highest BCUT2D eigenvalue weighted by Gasteiger charge is 2.37. The van der Waals surface area contributed by atoms with Crippen molar-refractivity contribution in [2.75, 3.05) is 6.54 Å². The Morgan fingerprint density at radius 2 is 2.29 bits per heavy atom. The number of rotatable bonds is 1. The number of carbonyl (C=O) groups excluding carboxylic acids is 1. The van der Waals surface area contributed by atoms with Gasteiger partial charge in [-0.1, -0.05) is 0 Å². The molecule has 1 aromatic rings. The number of ether oxygens (including phenoxy) is 1. The third kappa shape index (κ3) is 1.44. The van der Waals surface area contributed by atoms with Gasteiger partial charge in [0.05, 0.1) is 10.5 Å². The molecule has 2 aliphatic rings. The van der Waals surface area contributed by atoms with Gasteiger partial charge in [-0.2, -0.15) is 0 Å². The van der Waals surface area contributed by atoms with Crippen LogP contribution in [0.2, 0.25) is 0 Å². The Balaban J connectivity index is 2.06. The van der Waals surface area contributed by atoms with Gasteiger partial charge in [0, 0.05) is 25.1 Å². The third-order valence-corrected chi connectivity index (χ3v) is 3.13. The Bertz CT molecular complexity index is 514. The van der Waals surface area contributed by atoms with Gasteiger partial charge in [0.1, 0.15) is 5.75 Å². The van der Waals surface area contributed by atoms with Crippen molar-refractivity contribution in [2.45, 2.75) is 19.1 Å². The molecule has 1 amide bonds. The largest absolute Gasteiger partial charge is 0.470 e. The average molecular weight is 234 g/mol. The fraction of sp³-hybridized carbons (Fsp3) is 0.364. The summed E-state index contributed by atoms with van der Waals surface area (Å²) < 4.78 is 5.64. The SMILES string of the molecule is O=C1c2cc([N+](=O)[O-])ccc2OC2CCCN12. The number of fused-ring (bicyclic) bond motifs is 2. The van der Waals surface area contributed by atoms with Crippen LogP contribution in [-0.2, 0) is 0 Å². The fourth-order valence-corrected chi connectivity index (χ4v) is 2.29. The first-order valence-corrected chi connectivity index (χ1v) is 5.43. The maximum Gasteiger partial charge on any atom is 0.270 e. The van der Waals surface area contributed by atoms with Gasteiger partial charge in [0.25, 0.3) is 11.6 Å². The Hall–Kier alpha value is -2.11. The predicted molar refractivity (Wildman–Crippen MR) is 57.8 cm³/mol. The Labute approximate surface area is 96.9 Å². The molecule has 0 aliphatic carbocycles. The predicted octanol–water partition coefficient (Wildman–Crippen LogP) is 1.55. The highest BCUT2D eigenvalue weighted by molar-refractivity contribution is 5.98. The Morgan fingerprint density at radius 1 is 1.47 bits per heavy atom. The molecule has 17 heavy (non-hydrogen) atoms. The number of non-ortho nitro benzene ring substituents is 1. The molecule has 2 heterocycles. The molecule has 6 nitrogen and oxygen atoms in total. The zero-order chi connectivity index (χ0) is 12.0. The van der Waals surface area contributed by atoms with Gasteiger partial charge in [-0.25, -0.2) is 0 Å². The molecule has 88 valence electrons. The Morgan fingerprint density at radius 3 is 3.06 bits per heavy atom. The van der Waals surface area contributed by atoms with Crippen LogP contribution in [-0.4, -0.2) is 28.5 Å². The lowest BCUT2D eigenvalue weighted by Gasteiger charge is -2.31. The number of nitro groups is 1. The lowest BCUT2D eigenvalue weighted by Crippen LogP contribution is -2.42. The van der Waals surface area contributed by atoms with Crippen molar-refractivity contribution >= 4 is 11.6 Å². The van der Waals surface area contributed by atoms with Crippen molar-refractivity contribution in [1.82, 2.24) is 4.90 Å². The molecule has 1 aromatic carbocycles. The minimum atomic E-state index is -0.510. The molecular formula is C11H10N2O4. The van der Waals surface area contributed by atoms with E-state index in [1.807, 2.05) is 0 Å². The van der Waals surface area contributed by atoms with Gasteiger partial charge in [-0.05, 0) is 12.5 Å². The smallest absolute Gasteiger partial charge is 0.270 e. The van der Waals surface area contributed by atoms with Crippen LogP contribution in [0.1, 0.15) is 23.2 Å². The minimum absolute atomic E-state index is 0.0849. The molecule has 0 spiro atoms. The quantitative estimate of drug-likeness (QED) is 0.545. The summed E-state index contributed by atoms with van der Waals surface area (Å²) in [5.41, 5.74) is 0.204. The van der Waals surface area contributed by atoms with Crippen molar-refractivity contribution < 1.29 is 14.5 Å². The second-order valence-electron chi connectivity index (χ2n) is 4.15. The van der Waals surface area contributed by atoms with Gasteiger partial charge in [-0.15, -0.1) is 0 Å². The van der Waals surface area contributed by atoms with E-state index in [1.165, 1.54) is 18.2 Å². The van der Waals surface area contributed by atoms with Gasteiger partial charge in [0.15, 0.2) is 6.23 Å².